The summed E-state index contributed by atoms with van der Waals surface area (Å²) in [4.78, 5) is 13.9. The summed E-state index contributed by atoms with van der Waals surface area (Å²) in [5, 5.41) is 10.8. The van der Waals surface area contributed by atoms with Gasteiger partial charge >= 0.3 is 5.82 Å². The van der Waals surface area contributed by atoms with Gasteiger partial charge in [0.05, 0.1) is 0 Å². The normalized spacial score (nSPS) is 10.1. The van der Waals surface area contributed by atoms with Crippen LogP contribution in [0.15, 0.2) is 42.6 Å². The summed E-state index contributed by atoms with van der Waals surface area (Å²) in [6, 6.07) is 10.9. The molecule has 2 rings (SSSR count). The Labute approximate surface area is 104 Å². The topological polar surface area (TPSA) is 65.3 Å². The first kappa shape index (κ1) is 12.0. The second-order valence-corrected chi connectivity index (χ2v) is 3.86. The van der Waals surface area contributed by atoms with Crippen LogP contribution in [0.2, 0.25) is 0 Å². The molecule has 5 nitrogen and oxygen atoms in total. The van der Waals surface area contributed by atoms with E-state index in [1.54, 1.807) is 12.1 Å². The molecule has 5 heteroatoms. The number of pyridine rings is 1. The fraction of sp³-hybridized carbons (Fsp3) is 0.154. The molecule has 0 saturated carbocycles. The van der Waals surface area contributed by atoms with Crippen molar-refractivity contribution >= 4 is 5.82 Å². The maximum absolute atomic E-state index is 10.8. The van der Waals surface area contributed by atoms with Gasteiger partial charge in [0.25, 0.3) is 0 Å². The number of rotatable bonds is 4. The molecule has 0 radical (unpaired) electrons. The summed E-state index contributed by atoms with van der Waals surface area (Å²) in [6.45, 7) is 2.27. The molecule has 18 heavy (non-hydrogen) atoms. The fourth-order valence-electron chi connectivity index (χ4n) is 1.60. The van der Waals surface area contributed by atoms with Crippen LogP contribution in [0.1, 0.15) is 11.1 Å². The molecule has 0 bridgehead atoms. The number of benzene rings is 1. The van der Waals surface area contributed by atoms with Crippen molar-refractivity contribution in [2.45, 2.75) is 13.5 Å². The van der Waals surface area contributed by atoms with Crippen molar-refractivity contribution in [2.24, 2.45) is 0 Å². The highest BCUT2D eigenvalue weighted by Crippen LogP contribution is 2.23. The lowest BCUT2D eigenvalue weighted by atomic mass is 10.1. The van der Waals surface area contributed by atoms with Gasteiger partial charge < -0.3 is 14.9 Å². The van der Waals surface area contributed by atoms with E-state index in [-0.39, 0.29) is 18.2 Å². The molecule has 92 valence electrons. The molecule has 1 aromatic carbocycles. The van der Waals surface area contributed by atoms with E-state index in [4.69, 9.17) is 4.74 Å². The molecule has 0 N–H and O–H groups in total. The van der Waals surface area contributed by atoms with Crippen LogP contribution >= 0.6 is 0 Å². The van der Waals surface area contributed by atoms with E-state index in [9.17, 15) is 10.1 Å². The van der Waals surface area contributed by atoms with E-state index in [0.717, 1.165) is 11.1 Å². The number of aryl methyl sites for hydroxylation is 1. The first-order chi connectivity index (χ1) is 8.66. The minimum absolute atomic E-state index is 0.184. The zero-order valence-electron chi connectivity index (χ0n) is 9.87. The third-order valence-electron chi connectivity index (χ3n) is 2.40. The molecule has 0 atom stereocenters. The van der Waals surface area contributed by atoms with Gasteiger partial charge in [0, 0.05) is 0 Å². The Balaban J connectivity index is 2.13. The number of ether oxygens (including phenoxy) is 1. The summed E-state index contributed by atoms with van der Waals surface area (Å²) in [5.41, 5.74) is 2.09. The molecule has 0 aliphatic heterocycles. The van der Waals surface area contributed by atoms with Crippen molar-refractivity contribution in [3.63, 3.8) is 0 Å². The highest BCUT2D eigenvalue weighted by atomic mass is 16.6. The van der Waals surface area contributed by atoms with E-state index < -0.39 is 4.92 Å². The Morgan fingerprint density at radius 1 is 1.33 bits per heavy atom. The van der Waals surface area contributed by atoms with Gasteiger partial charge in [-0.2, -0.15) is 0 Å². The lowest BCUT2D eigenvalue weighted by molar-refractivity contribution is -0.390. The standard InChI is InChI=1S/C13H12N2O3/c1-10-4-2-5-11(8-10)9-18-12-6-3-7-14-13(12)15(16)17/h2-8H,9H2,1H3. The van der Waals surface area contributed by atoms with Crippen LogP contribution in [0, 0.1) is 17.0 Å². The molecule has 1 aromatic heterocycles. The molecule has 0 spiro atoms. The van der Waals surface area contributed by atoms with Gasteiger partial charge in [0.15, 0.2) is 0 Å². The SMILES string of the molecule is Cc1cccc(COc2cccnc2[N+](=O)[O-])c1. The van der Waals surface area contributed by atoms with E-state index in [0.29, 0.717) is 0 Å². The summed E-state index contributed by atoms with van der Waals surface area (Å²) in [5.74, 6) is -0.0749. The number of hydrogen-bond acceptors (Lipinski definition) is 4. The molecular formula is C13H12N2O3. The van der Waals surface area contributed by atoms with Crippen molar-refractivity contribution in [2.75, 3.05) is 0 Å². The highest BCUT2D eigenvalue weighted by Gasteiger charge is 2.15. The molecule has 2 aromatic rings. The summed E-state index contributed by atoms with van der Waals surface area (Å²) in [6.07, 6.45) is 1.37. The smallest absolute Gasteiger partial charge is 0.406 e. The van der Waals surface area contributed by atoms with Gasteiger partial charge in [-0.15, -0.1) is 0 Å². The van der Waals surface area contributed by atoms with Gasteiger partial charge in [0.2, 0.25) is 5.75 Å². The van der Waals surface area contributed by atoms with Crippen molar-refractivity contribution in [3.8, 4) is 5.75 Å². The van der Waals surface area contributed by atoms with Crippen molar-refractivity contribution in [1.29, 1.82) is 0 Å². The van der Waals surface area contributed by atoms with Crippen LogP contribution in [0.5, 0.6) is 5.75 Å². The Hall–Kier alpha value is -2.43. The predicted octanol–water partition coefficient (Wildman–Crippen LogP) is 2.88. The summed E-state index contributed by atoms with van der Waals surface area (Å²) < 4.78 is 5.44. The molecular weight excluding hydrogens is 232 g/mol. The van der Waals surface area contributed by atoms with Gasteiger partial charge in [-0.1, -0.05) is 29.8 Å². The Morgan fingerprint density at radius 2 is 2.17 bits per heavy atom. The summed E-state index contributed by atoms with van der Waals surface area (Å²) in [7, 11) is 0. The van der Waals surface area contributed by atoms with E-state index in [2.05, 4.69) is 4.98 Å². The lowest BCUT2D eigenvalue weighted by Gasteiger charge is -2.06. The van der Waals surface area contributed by atoms with Crippen LogP contribution in [0.3, 0.4) is 0 Å². The monoisotopic (exact) mass is 244 g/mol. The minimum atomic E-state index is -0.550. The number of nitro groups is 1. The van der Waals surface area contributed by atoms with E-state index >= 15 is 0 Å². The van der Waals surface area contributed by atoms with E-state index in [1.165, 1.54) is 6.20 Å². The maximum Gasteiger partial charge on any atom is 0.406 e. The molecule has 0 saturated heterocycles. The molecule has 0 aliphatic rings. The molecule has 0 fully saturated rings. The Kier molecular flexibility index (Phi) is 3.52. The predicted molar refractivity (Wildman–Crippen MR) is 66.4 cm³/mol. The first-order valence-corrected chi connectivity index (χ1v) is 5.44. The zero-order valence-corrected chi connectivity index (χ0v) is 9.87. The van der Waals surface area contributed by atoms with Gasteiger partial charge in [0.1, 0.15) is 12.8 Å². The van der Waals surface area contributed by atoms with Crippen LogP contribution in [0.25, 0.3) is 0 Å². The van der Waals surface area contributed by atoms with Gasteiger partial charge in [-0.05, 0) is 34.5 Å². The van der Waals surface area contributed by atoms with E-state index in [1.807, 2.05) is 31.2 Å². The largest absolute Gasteiger partial charge is 0.481 e. The highest BCUT2D eigenvalue weighted by molar-refractivity contribution is 5.38. The quantitative estimate of drug-likeness (QED) is 0.612. The van der Waals surface area contributed by atoms with Gasteiger partial charge in [-0.3, -0.25) is 0 Å². The third kappa shape index (κ3) is 2.82. The number of nitrogens with zero attached hydrogens (tertiary/aromatic N) is 2. The van der Waals surface area contributed by atoms with Crippen LogP contribution in [-0.4, -0.2) is 9.91 Å². The van der Waals surface area contributed by atoms with Crippen LogP contribution < -0.4 is 4.74 Å². The number of aromatic nitrogens is 1. The second-order valence-electron chi connectivity index (χ2n) is 3.86. The summed E-state index contributed by atoms with van der Waals surface area (Å²) >= 11 is 0. The third-order valence-corrected chi connectivity index (χ3v) is 2.40. The minimum Gasteiger partial charge on any atom is -0.481 e. The molecule has 0 amide bonds. The molecule has 1 heterocycles. The Bertz CT molecular complexity index is 570. The average Bonchev–Trinajstić information content (AvgIpc) is 2.37. The van der Waals surface area contributed by atoms with Crippen molar-refractivity contribution < 1.29 is 9.66 Å². The van der Waals surface area contributed by atoms with Gasteiger partial charge in [-0.25, -0.2) is 0 Å². The maximum atomic E-state index is 10.8. The second kappa shape index (κ2) is 5.27. The Morgan fingerprint density at radius 3 is 2.89 bits per heavy atom. The molecule has 0 unspecified atom stereocenters. The first-order valence-electron chi connectivity index (χ1n) is 5.44. The average molecular weight is 244 g/mol. The lowest BCUT2D eigenvalue weighted by Crippen LogP contribution is -2.00. The fourth-order valence-corrected chi connectivity index (χ4v) is 1.60. The molecule has 0 aliphatic carbocycles. The van der Waals surface area contributed by atoms with Crippen LogP contribution in [0.4, 0.5) is 5.82 Å². The van der Waals surface area contributed by atoms with Crippen molar-refractivity contribution in [3.05, 3.63) is 63.8 Å². The van der Waals surface area contributed by atoms with Crippen LogP contribution in [-0.2, 0) is 6.61 Å². The number of hydrogen-bond donors (Lipinski definition) is 0. The van der Waals surface area contributed by atoms with Crippen molar-refractivity contribution in [1.82, 2.24) is 4.98 Å². The zero-order chi connectivity index (χ0) is 13.0.